The van der Waals surface area contributed by atoms with Crippen molar-refractivity contribution in [1.82, 2.24) is 29.5 Å². The van der Waals surface area contributed by atoms with Crippen LogP contribution in [0.2, 0.25) is 0 Å². The van der Waals surface area contributed by atoms with Gasteiger partial charge in [-0.1, -0.05) is 0 Å². The average molecular weight is 337 g/mol. The minimum atomic E-state index is -0.0570. The van der Waals surface area contributed by atoms with Crippen LogP contribution in [0.25, 0.3) is 5.65 Å². The van der Waals surface area contributed by atoms with E-state index in [4.69, 9.17) is 0 Å². The quantitative estimate of drug-likeness (QED) is 0.785. The molecule has 1 aliphatic rings. The van der Waals surface area contributed by atoms with Gasteiger partial charge in [-0.3, -0.25) is 4.79 Å². The molecule has 0 aromatic carbocycles. The van der Waals surface area contributed by atoms with Crippen molar-refractivity contribution in [3.05, 3.63) is 47.8 Å². The summed E-state index contributed by atoms with van der Waals surface area (Å²) in [6.45, 7) is 2.56. The molecule has 1 aliphatic heterocycles. The highest BCUT2D eigenvalue weighted by Gasteiger charge is 2.33. The third-order valence-corrected chi connectivity index (χ3v) is 4.48. The number of amides is 1. The number of anilines is 1. The number of likely N-dealkylation sites (tertiary alicyclic amines) is 1. The van der Waals surface area contributed by atoms with Gasteiger partial charge in [-0.15, -0.1) is 0 Å². The van der Waals surface area contributed by atoms with Crippen molar-refractivity contribution >= 4 is 17.4 Å². The summed E-state index contributed by atoms with van der Waals surface area (Å²) in [5.41, 5.74) is 1.96. The number of hydrogen-bond donors (Lipinski definition) is 1. The molecule has 0 aliphatic carbocycles. The van der Waals surface area contributed by atoms with Gasteiger partial charge in [0.1, 0.15) is 17.2 Å². The Morgan fingerprint density at radius 2 is 2.24 bits per heavy atom. The number of aryl methyl sites for hydroxylation is 1. The third kappa shape index (κ3) is 2.69. The second-order valence-electron chi connectivity index (χ2n) is 6.08. The first-order valence-electron chi connectivity index (χ1n) is 8.30. The lowest BCUT2D eigenvalue weighted by Gasteiger charge is -2.24. The van der Waals surface area contributed by atoms with Crippen LogP contribution in [0.4, 0.5) is 5.82 Å². The largest absolute Gasteiger partial charge is 0.373 e. The monoisotopic (exact) mass is 337 g/mol. The van der Waals surface area contributed by atoms with Gasteiger partial charge in [0.2, 0.25) is 0 Å². The second kappa shape index (κ2) is 6.12. The van der Waals surface area contributed by atoms with Crippen molar-refractivity contribution in [3.63, 3.8) is 0 Å². The highest BCUT2D eigenvalue weighted by atomic mass is 16.2. The van der Waals surface area contributed by atoms with Crippen LogP contribution < -0.4 is 5.32 Å². The summed E-state index contributed by atoms with van der Waals surface area (Å²) in [4.78, 5) is 28.2. The molecule has 25 heavy (non-hydrogen) atoms. The second-order valence-corrected chi connectivity index (χ2v) is 6.08. The maximum absolute atomic E-state index is 13.1. The van der Waals surface area contributed by atoms with E-state index < -0.39 is 0 Å². The molecule has 4 heterocycles. The van der Waals surface area contributed by atoms with E-state index in [-0.39, 0.29) is 11.9 Å². The lowest BCUT2D eigenvalue weighted by molar-refractivity contribution is 0.0734. The molecular weight excluding hydrogens is 318 g/mol. The van der Waals surface area contributed by atoms with Crippen LogP contribution in [0.15, 0.2) is 30.7 Å². The predicted octanol–water partition coefficient (Wildman–Crippen LogP) is 1.85. The van der Waals surface area contributed by atoms with E-state index in [9.17, 15) is 4.79 Å². The molecule has 1 unspecified atom stereocenters. The van der Waals surface area contributed by atoms with Gasteiger partial charge in [0.25, 0.3) is 5.91 Å². The van der Waals surface area contributed by atoms with Gasteiger partial charge in [0, 0.05) is 32.1 Å². The standard InChI is InChI=1S/C17H19N7O/c1-11-21-13(9-15(18-2)22-11)14-5-3-7-23(14)17(25)12-10-20-24-8-4-6-19-16(12)24/h4,6,8-10,14H,3,5,7H2,1-2H3,(H,18,21,22). The summed E-state index contributed by atoms with van der Waals surface area (Å²) < 4.78 is 1.62. The van der Waals surface area contributed by atoms with E-state index in [0.29, 0.717) is 23.6 Å². The molecule has 128 valence electrons. The van der Waals surface area contributed by atoms with E-state index in [0.717, 1.165) is 24.4 Å². The number of aromatic nitrogens is 5. The Labute approximate surface area is 144 Å². The van der Waals surface area contributed by atoms with Crippen molar-refractivity contribution in [1.29, 1.82) is 0 Å². The summed E-state index contributed by atoms with van der Waals surface area (Å²) in [5, 5.41) is 7.27. The summed E-state index contributed by atoms with van der Waals surface area (Å²) in [6.07, 6.45) is 6.87. The van der Waals surface area contributed by atoms with Crippen LogP contribution in [-0.2, 0) is 0 Å². The molecule has 0 spiro atoms. The molecule has 0 saturated carbocycles. The lowest BCUT2D eigenvalue weighted by Crippen LogP contribution is -2.31. The van der Waals surface area contributed by atoms with E-state index >= 15 is 0 Å². The van der Waals surface area contributed by atoms with Crippen molar-refractivity contribution in [2.75, 3.05) is 18.9 Å². The number of nitrogens with one attached hydrogen (secondary N) is 1. The van der Waals surface area contributed by atoms with E-state index in [1.54, 1.807) is 29.2 Å². The molecule has 3 aromatic rings. The molecule has 1 fully saturated rings. The molecule has 8 heteroatoms. The van der Waals surface area contributed by atoms with E-state index in [1.165, 1.54) is 0 Å². The van der Waals surface area contributed by atoms with Gasteiger partial charge in [0.05, 0.1) is 17.9 Å². The van der Waals surface area contributed by atoms with Gasteiger partial charge in [-0.25, -0.2) is 19.5 Å². The fourth-order valence-electron chi connectivity index (χ4n) is 3.34. The van der Waals surface area contributed by atoms with Crippen LogP contribution in [0.5, 0.6) is 0 Å². The Morgan fingerprint density at radius 3 is 3.08 bits per heavy atom. The molecule has 8 nitrogen and oxygen atoms in total. The highest BCUT2D eigenvalue weighted by Crippen LogP contribution is 2.33. The smallest absolute Gasteiger partial charge is 0.259 e. The van der Waals surface area contributed by atoms with Crippen molar-refractivity contribution in [3.8, 4) is 0 Å². The first kappa shape index (κ1) is 15.5. The van der Waals surface area contributed by atoms with Crippen LogP contribution in [-0.4, -0.2) is 49.0 Å². The number of rotatable bonds is 3. The maximum atomic E-state index is 13.1. The Balaban J connectivity index is 1.70. The van der Waals surface area contributed by atoms with Crippen LogP contribution in [0.3, 0.4) is 0 Å². The molecule has 3 aromatic heterocycles. The number of nitrogens with zero attached hydrogens (tertiary/aromatic N) is 6. The van der Waals surface area contributed by atoms with Crippen LogP contribution in [0.1, 0.15) is 40.8 Å². The Hall–Kier alpha value is -3.03. The maximum Gasteiger partial charge on any atom is 0.259 e. The zero-order valence-corrected chi connectivity index (χ0v) is 14.2. The SMILES string of the molecule is CNc1cc(C2CCCN2C(=O)c2cnn3cccnc23)nc(C)n1. The number of hydrogen-bond acceptors (Lipinski definition) is 6. The lowest BCUT2D eigenvalue weighted by atomic mass is 10.1. The number of fused-ring (bicyclic) bond motifs is 1. The molecular formula is C17H19N7O. The fraction of sp³-hybridized carbons (Fsp3) is 0.353. The molecule has 4 rings (SSSR count). The zero-order chi connectivity index (χ0) is 17.4. The van der Waals surface area contributed by atoms with E-state index in [2.05, 4.69) is 25.4 Å². The first-order chi connectivity index (χ1) is 12.2. The zero-order valence-electron chi connectivity index (χ0n) is 14.2. The summed E-state index contributed by atoms with van der Waals surface area (Å²) in [5.74, 6) is 1.40. The predicted molar refractivity (Wildman–Crippen MR) is 92.3 cm³/mol. The van der Waals surface area contributed by atoms with Gasteiger partial charge >= 0.3 is 0 Å². The van der Waals surface area contributed by atoms with Gasteiger partial charge in [-0.05, 0) is 25.8 Å². The third-order valence-electron chi connectivity index (χ3n) is 4.48. The van der Waals surface area contributed by atoms with Gasteiger partial charge in [0.15, 0.2) is 5.65 Å². The topological polar surface area (TPSA) is 88.3 Å². The molecule has 1 saturated heterocycles. The van der Waals surface area contributed by atoms with Crippen molar-refractivity contribution < 1.29 is 4.79 Å². The van der Waals surface area contributed by atoms with Gasteiger partial charge in [-0.2, -0.15) is 5.10 Å². The molecule has 1 amide bonds. The van der Waals surface area contributed by atoms with Crippen LogP contribution in [0, 0.1) is 6.92 Å². The Kier molecular flexibility index (Phi) is 3.79. The number of carbonyl (C=O) groups is 1. The van der Waals surface area contributed by atoms with Crippen LogP contribution >= 0.6 is 0 Å². The minimum absolute atomic E-state index is 0.0556. The molecule has 0 radical (unpaired) electrons. The van der Waals surface area contributed by atoms with Gasteiger partial charge < -0.3 is 10.2 Å². The summed E-state index contributed by atoms with van der Waals surface area (Å²) >= 11 is 0. The molecule has 0 bridgehead atoms. The Bertz CT molecular complexity index is 936. The van der Waals surface area contributed by atoms with Crippen molar-refractivity contribution in [2.24, 2.45) is 0 Å². The highest BCUT2D eigenvalue weighted by molar-refractivity contribution is 6.00. The minimum Gasteiger partial charge on any atom is -0.373 e. The summed E-state index contributed by atoms with van der Waals surface area (Å²) in [6, 6.07) is 3.65. The fourth-order valence-corrected chi connectivity index (χ4v) is 3.34. The first-order valence-corrected chi connectivity index (χ1v) is 8.30. The Morgan fingerprint density at radius 1 is 1.36 bits per heavy atom. The average Bonchev–Trinajstić information content (AvgIpc) is 3.27. The summed E-state index contributed by atoms with van der Waals surface area (Å²) in [7, 11) is 1.83. The number of carbonyl (C=O) groups excluding carboxylic acids is 1. The molecule has 1 N–H and O–H groups in total. The van der Waals surface area contributed by atoms with Crippen molar-refractivity contribution in [2.45, 2.75) is 25.8 Å². The van der Waals surface area contributed by atoms with E-state index in [1.807, 2.05) is 24.9 Å². The molecule has 1 atom stereocenters. The normalized spacial score (nSPS) is 17.2.